The Morgan fingerprint density at radius 3 is 0.327 bits per heavy atom. The Kier molecular flexibility index (Phi) is 104. The number of carboxylic acids is 12. The second kappa shape index (κ2) is 69.9. The molecule has 0 fully saturated rings. The number of anilines is 6. The Labute approximate surface area is 667 Å². The number of aromatic carboxylic acids is 12. The van der Waals surface area contributed by atoms with Crippen LogP contribution in [0.2, 0.25) is 0 Å². The van der Waals surface area contributed by atoms with Crippen molar-refractivity contribution in [2.75, 3.05) is 34.4 Å². The number of hydrogen-bond acceptors (Lipinski definition) is 34. The SMILES string of the molecule is Nc1cc(C(=O)[O-])ccc1C(=O)[O-].Nc1cc(C(=O)[O-])ccc1C(=O)[O-].Nc1cc(C(=O)[O-])ccc1C(=O)[O-].Nc1cc(C(=O)[O-])ccc1C(=O)[O-].Nc1cc(C(=O)[O-])ccc1C(=O)[O-].Nc1cc(C(=O)[O-])ccc1C(=O)[O-].[O-2].[O-2].[O-2].[O-2].[O-2].[O-2].[O-2].[O-2].[OH-].[OH-].[OH-].[OH-].[Ti+4].[Ti+4].[Ti+4].[Ti+4].[Ti+4].[Ti+4].[Ti+4].[Ti]. The minimum atomic E-state index is -1.44. The van der Waals surface area contributed by atoms with E-state index >= 15 is 0 Å². The molecule has 0 heterocycles. The summed E-state index contributed by atoms with van der Waals surface area (Å²) in [6, 6.07) is 19.0. The first-order chi connectivity index (χ1) is 36.1. The molecule has 0 radical (unpaired) electrons. The molecule has 0 spiro atoms. The topological polar surface area (TPSA) is 986 Å². The minimum absolute atomic E-state index is 0. The summed E-state index contributed by atoms with van der Waals surface area (Å²) >= 11 is 0. The van der Waals surface area contributed by atoms with Gasteiger partial charge in [0.05, 0.1) is 71.6 Å². The van der Waals surface area contributed by atoms with Crippen LogP contribution in [0.1, 0.15) is 124 Å². The largest absolute Gasteiger partial charge is 4.00 e. The fraction of sp³-hybridized carbons (Fsp3) is 0. The number of rotatable bonds is 12. The van der Waals surface area contributed by atoms with Crippen LogP contribution in [0, 0.1) is 0 Å². The standard InChI is InChI=1S/6C8H7NO4.4H2O.8O.8Ti/c6*9-6-3-4(7(10)11)1-2-5(6)8(12)13;;;;;;;;;;;;;;;;;;;;/h6*1-3H,9H2,(H,10,11)(H,12,13);4*1H2;;;;;;;;;;;;;;;;/q;;;;;;;;;;8*-2;;7*+4/p-16. The molecular weight excluding hydrogens is 1620 g/mol. The van der Waals surface area contributed by atoms with E-state index in [9.17, 15) is 119 Å². The van der Waals surface area contributed by atoms with E-state index in [1.54, 1.807) is 0 Å². The van der Waals surface area contributed by atoms with Crippen molar-refractivity contribution in [1.82, 2.24) is 0 Å². The molecular formula is C48H34N6O36Ti8-4. The van der Waals surface area contributed by atoms with Crippen LogP contribution in [0.4, 0.5) is 34.1 Å². The summed E-state index contributed by atoms with van der Waals surface area (Å²) in [6.45, 7) is 0. The summed E-state index contributed by atoms with van der Waals surface area (Å²) in [4.78, 5) is 124. The van der Waals surface area contributed by atoms with Crippen molar-refractivity contribution in [2.24, 2.45) is 0 Å². The monoisotopic (exact) mass is 1650 g/mol. The molecule has 50 heteroatoms. The quantitative estimate of drug-likeness (QED) is 0.0489. The van der Waals surface area contributed by atoms with Crippen LogP contribution in [0.5, 0.6) is 0 Å². The summed E-state index contributed by atoms with van der Waals surface area (Å²) in [5.74, 6) is -17.1. The Balaban J connectivity index is -0.0000000398. The number of carbonyl (C=O) groups is 12. The smallest absolute Gasteiger partial charge is 2.00 e. The first-order valence-electron chi connectivity index (χ1n) is 20.1. The van der Waals surface area contributed by atoms with Crippen LogP contribution >= 0.6 is 0 Å². The molecule has 0 bridgehead atoms. The molecule has 0 amide bonds. The molecule has 0 aliphatic heterocycles. The summed E-state index contributed by atoms with van der Waals surface area (Å²) in [5, 5.41) is 124. The molecule has 0 aliphatic rings. The molecule has 508 valence electrons. The summed E-state index contributed by atoms with van der Waals surface area (Å²) in [7, 11) is 0. The van der Waals surface area contributed by atoms with Gasteiger partial charge in [-0.2, -0.15) is 0 Å². The van der Waals surface area contributed by atoms with Gasteiger partial charge in [-0.05, 0) is 69.8 Å². The van der Waals surface area contributed by atoms with E-state index in [0.29, 0.717) is 0 Å². The summed E-state index contributed by atoms with van der Waals surface area (Å²) in [5.41, 5.74) is 28.2. The maximum absolute atomic E-state index is 10.3. The molecule has 42 nitrogen and oxygen atoms in total. The number of benzene rings is 6. The molecule has 0 unspecified atom stereocenters. The second-order valence-electron chi connectivity index (χ2n) is 14.3. The Bertz CT molecular complexity index is 2860. The van der Waals surface area contributed by atoms with Crippen molar-refractivity contribution < 1.29 is 358 Å². The van der Waals surface area contributed by atoms with Crippen LogP contribution in [0.25, 0.3) is 0 Å². The maximum Gasteiger partial charge on any atom is 4.00 e. The molecule has 16 N–H and O–H groups in total. The van der Waals surface area contributed by atoms with E-state index in [4.69, 9.17) is 34.4 Å². The van der Waals surface area contributed by atoms with E-state index in [-0.39, 0.29) is 340 Å². The summed E-state index contributed by atoms with van der Waals surface area (Å²) < 4.78 is 0. The minimum Gasteiger partial charge on any atom is -2.00 e. The zero-order valence-electron chi connectivity index (χ0n) is 47.7. The average molecular weight is 1650 g/mol. The van der Waals surface area contributed by atoms with E-state index in [1.165, 1.54) is 0 Å². The van der Waals surface area contributed by atoms with Gasteiger partial charge in [0.2, 0.25) is 0 Å². The fourth-order valence-electron chi connectivity index (χ4n) is 5.25. The molecule has 98 heavy (non-hydrogen) atoms. The molecule has 0 aliphatic carbocycles. The van der Waals surface area contributed by atoms with Crippen LogP contribution < -0.4 is 95.7 Å². The predicted molar refractivity (Wildman–Crippen MR) is 250 cm³/mol. The molecule has 6 rings (SSSR count). The number of nitrogens with two attached hydrogens (primary N) is 6. The van der Waals surface area contributed by atoms with Gasteiger partial charge < -0.3 is 219 Å². The van der Waals surface area contributed by atoms with Crippen molar-refractivity contribution in [3.05, 3.63) is 176 Å². The first kappa shape index (κ1) is 146. The Morgan fingerprint density at radius 1 is 0.194 bits per heavy atom. The van der Waals surface area contributed by atoms with Crippen LogP contribution in [-0.2, 0) is 218 Å². The van der Waals surface area contributed by atoms with Crippen molar-refractivity contribution in [3.63, 3.8) is 0 Å². The van der Waals surface area contributed by atoms with Crippen LogP contribution in [0.3, 0.4) is 0 Å². The van der Waals surface area contributed by atoms with Crippen molar-refractivity contribution in [1.29, 1.82) is 0 Å². The van der Waals surface area contributed by atoms with E-state index in [0.717, 1.165) is 109 Å². The molecule has 6 aromatic rings. The molecule has 0 aromatic heterocycles. The van der Waals surface area contributed by atoms with Gasteiger partial charge in [0.1, 0.15) is 0 Å². The fourth-order valence-corrected chi connectivity index (χ4v) is 5.25. The average Bonchev–Trinajstić information content (AvgIpc) is 3.34. The third-order valence-corrected chi connectivity index (χ3v) is 9.04. The van der Waals surface area contributed by atoms with Crippen molar-refractivity contribution >= 4 is 106 Å². The molecule has 0 saturated heterocycles. The van der Waals surface area contributed by atoms with Gasteiger partial charge in [-0.25, -0.2) is 0 Å². The van der Waals surface area contributed by atoms with Gasteiger partial charge in [0, 0.05) is 89.2 Å². The van der Waals surface area contributed by atoms with Gasteiger partial charge >= 0.3 is 152 Å². The van der Waals surface area contributed by atoms with Crippen LogP contribution in [0.15, 0.2) is 109 Å². The molecule has 0 atom stereocenters. The number of nitrogen functional groups attached to an aromatic ring is 6. The summed E-state index contributed by atoms with van der Waals surface area (Å²) in [6.07, 6.45) is 0. The first-order valence-corrected chi connectivity index (χ1v) is 20.1. The van der Waals surface area contributed by atoms with Gasteiger partial charge in [-0.15, -0.1) is 0 Å². The molecule has 6 aromatic carbocycles. The third-order valence-electron chi connectivity index (χ3n) is 9.04. The van der Waals surface area contributed by atoms with E-state index < -0.39 is 71.6 Å². The zero-order valence-corrected chi connectivity index (χ0v) is 60.2. The predicted octanol–water partition coefficient (Wildman–Crippen LogP) is -13.7. The van der Waals surface area contributed by atoms with E-state index in [2.05, 4.69) is 0 Å². The number of carboxylic acid groups (broad SMARTS) is 12. The number of hydrogen-bond donors (Lipinski definition) is 6. The Hall–Kier alpha value is -7.01. The van der Waals surface area contributed by atoms with E-state index in [1.807, 2.05) is 0 Å². The Morgan fingerprint density at radius 2 is 0.276 bits per heavy atom. The van der Waals surface area contributed by atoms with Gasteiger partial charge in [0.25, 0.3) is 0 Å². The van der Waals surface area contributed by atoms with Crippen molar-refractivity contribution in [3.8, 4) is 0 Å². The zero-order chi connectivity index (χ0) is 60.0. The van der Waals surface area contributed by atoms with Gasteiger partial charge in [-0.1, -0.05) is 72.8 Å². The molecule has 0 saturated carbocycles. The second-order valence-corrected chi connectivity index (χ2v) is 14.3. The van der Waals surface area contributed by atoms with Gasteiger partial charge in [-0.3, -0.25) is 0 Å². The third kappa shape index (κ3) is 48.7. The van der Waals surface area contributed by atoms with Crippen LogP contribution in [-0.4, -0.2) is 93.5 Å². The van der Waals surface area contributed by atoms with Gasteiger partial charge in [0.15, 0.2) is 0 Å². The van der Waals surface area contributed by atoms with Crippen molar-refractivity contribution in [2.45, 2.75) is 0 Å². The number of carbonyl (C=O) groups excluding carboxylic acids is 12. The normalized spacial score (nSPS) is 7.59. The maximum atomic E-state index is 10.3.